The Hall–Kier alpha value is -4.11. The van der Waals surface area contributed by atoms with Gasteiger partial charge in [-0.15, -0.1) is 11.3 Å². The van der Waals surface area contributed by atoms with E-state index >= 15 is 0 Å². The van der Waals surface area contributed by atoms with E-state index in [1.807, 2.05) is 54.6 Å². The van der Waals surface area contributed by atoms with E-state index in [1.54, 1.807) is 47.6 Å². The van der Waals surface area contributed by atoms with E-state index in [2.05, 4.69) is 0 Å². The van der Waals surface area contributed by atoms with Gasteiger partial charge in [-0.3, -0.25) is 0 Å². The van der Waals surface area contributed by atoms with Crippen molar-refractivity contribution in [2.75, 3.05) is 12.0 Å². The monoisotopic (exact) mass is 549 g/mol. The minimum Gasteiger partial charge on any atom is -0.465 e. The number of methoxy groups -OCH3 is 1. The van der Waals surface area contributed by atoms with Crippen molar-refractivity contribution in [3.63, 3.8) is 0 Å². The van der Waals surface area contributed by atoms with Crippen molar-refractivity contribution in [3.8, 4) is 21.8 Å². The Morgan fingerprint density at radius 1 is 0.795 bits per heavy atom. The van der Waals surface area contributed by atoms with Crippen molar-refractivity contribution in [1.82, 2.24) is 0 Å². The average molecular weight is 550 g/mol. The van der Waals surface area contributed by atoms with Crippen LogP contribution in [0.3, 0.4) is 0 Å². The molecule has 4 aromatic rings. The van der Waals surface area contributed by atoms with Crippen LogP contribution in [0.5, 0.6) is 0 Å². The van der Waals surface area contributed by atoms with E-state index < -0.39 is 29.4 Å². The maximum atomic E-state index is 13.2. The summed E-state index contributed by atoms with van der Waals surface area (Å²) in [7, 11) is 1.24. The summed E-state index contributed by atoms with van der Waals surface area (Å²) in [6.45, 7) is 10.1. The topological polar surface area (TPSA) is 95.3 Å². The molecule has 8 nitrogen and oxygen atoms in total. The number of carbonyl (C=O) groups is 3. The van der Waals surface area contributed by atoms with Gasteiger partial charge >= 0.3 is 18.2 Å². The lowest BCUT2D eigenvalue weighted by atomic mass is 10.1. The summed E-state index contributed by atoms with van der Waals surface area (Å²) in [5.41, 5.74) is 0.675. The Morgan fingerprint density at radius 2 is 1.36 bits per heavy atom. The molecule has 0 aliphatic heterocycles. The molecule has 0 atom stereocenters. The van der Waals surface area contributed by atoms with Gasteiger partial charge in [-0.1, -0.05) is 42.5 Å². The number of fused-ring (bicyclic) bond motifs is 1. The Kier molecular flexibility index (Phi) is 7.57. The maximum absolute atomic E-state index is 13.2. The van der Waals surface area contributed by atoms with Gasteiger partial charge in [-0.25, -0.2) is 14.4 Å². The Labute approximate surface area is 231 Å². The summed E-state index contributed by atoms with van der Waals surface area (Å²) in [6.07, 6.45) is -1.93. The highest BCUT2D eigenvalue weighted by Crippen LogP contribution is 2.39. The van der Waals surface area contributed by atoms with Crippen LogP contribution in [-0.4, -0.2) is 36.5 Å². The van der Waals surface area contributed by atoms with E-state index in [1.165, 1.54) is 7.11 Å². The van der Waals surface area contributed by atoms with Gasteiger partial charge in [-0.05, 0) is 65.3 Å². The molecule has 0 spiro atoms. The molecule has 2 heterocycles. The number of imide groups is 1. The first-order valence-electron chi connectivity index (χ1n) is 12.3. The molecule has 0 aliphatic carbocycles. The number of thiophene rings is 1. The largest absolute Gasteiger partial charge is 0.465 e. The molecule has 2 amide bonds. The van der Waals surface area contributed by atoms with Crippen molar-refractivity contribution >= 4 is 46.1 Å². The molecule has 39 heavy (non-hydrogen) atoms. The SMILES string of the molecule is COC(=O)c1sc(-c2ccc(-c3cc4ccccc4o3)cc2)cc1N(C(=O)OC(C)(C)C)C(=O)OC(C)(C)C. The number of carbonyl (C=O) groups excluding carboxylic acids is 3. The molecule has 0 unspecified atom stereocenters. The lowest BCUT2D eigenvalue weighted by molar-refractivity contribution is 0.0430. The number of amides is 2. The average Bonchev–Trinajstić information content (AvgIpc) is 3.46. The Balaban J connectivity index is 1.75. The number of ether oxygens (including phenoxy) is 3. The predicted octanol–water partition coefficient (Wildman–Crippen LogP) is 8.29. The highest BCUT2D eigenvalue weighted by Gasteiger charge is 2.36. The molecule has 204 valence electrons. The third-order valence-electron chi connectivity index (χ3n) is 5.36. The number of esters is 1. The van der Waals surface area contributed by atoms with E-state index in [4.69, 9.17) is 18.6 Å². The molecular weight excluding hydrogens is 518 g/mol. The van der Waals surface area contributed by atoms with Crippen LogP contribution in [0.1, 0.15) is 51.2 Å². The van der Waals surface area contributed by atoms with E-state index in [0.29, 0.717) is 4.88 Å². The zero-order valence-electron chi connectivity index (χ0n) is 23.0. The minimum atomic E-state index is -0.966. The highest BCUT2D eigenvalue weighted by molar-refractivity contribution is 7.18. The number of para-hydroxylation sites is 1. The maximum Gasteiger partial charge on any atom is 0.424 e. The lowest BCUT2D eigenvalue weighted by Gasteiger charge is -2.28. The van der Waals surface area contributed by atoms with E-state index in [-0.39, 0.29) is 10.6 Å². The molecule has 0 saturated heterocycles. The second kappa shape index (κ2) is 10.6. The fourth-order valence-electron chi connectivity index (χ4n) is 3.74. The number of nitrogens with zero attached hydrogens (tertiary/aromatic N) is 1. The quantitative estimate of drug-likeness (QED) is 0.187. The third kappa shape index (κ3) is 6.49. The van der Waals surface area contributed by atoms with Gasteiger partial charge in [0.25, 0.3) is 0 Å². The Bertz CT molecular complexity index is 1460. The van der Waals surface area contributed by atoms with Crippen LogP contribution in [0, 0.1) is 0 Å². The van der Waals surface area contributed by atoms with Gasteiger partial charge in [0, 0.05) is 15.8 Å². The lowest BCUT2D eigenvalue weighted by Crippen LogP contribution is -2.44. The van der Waals surface area contributed by atoms with Crippen LogP contribution in [0.25, 0.3) is 32.7 Å². The molecule has 2 aromatic heterocycles. The van der Waals surface area contributed by atoms with Gasteiger partial charge in [0.05, 0.1) is 12.8 Å². The highest BCUT2D eigenvalue weighted by atomic mass is 32.1. The summed E-state index contributed by atoms with van der Waals surface area (Å²) in [6, 6.07) is 18.9. The second-order valence-corrected chi connectivity index (χ2v) is 11.9. The summed E-state index contributed by atoms with van der Waals surface area (Å²) >= 11 is 1.09. The van der Waals surface area contributed by atoms with Crippen LogP contribution >= 0.6 is 11.3 Å². The van der Waals surface area contributed by atoms with E-state index in [9.17, 15) is 14.4 Å². The smallest absolute Gasteiger partial charge is 0.424 e. The fraction of sp³-hybridized carbons (Fsp3) is 0.300. The van der Waals surface area contributed by atoms with Gasteiger partial charge in [0.2, 0.25) is 0 Å². The number of rotatable bonds is 4. The predicted molar refractivity (Wildman–Crippen MR) is 151 cm³/mol. The Morgan fingerprint density at radius 3 is 1.90 bits per heavy atom. The molecule has 4 rings (SSSR count). The molecule has 0 fully saturated rings. The summed E-state index contributed by atoms with van der Waals surface area (Å²) in [4.78, 5) is 40.6. The molecule has 0 N–H and O–H groups in total. The van der Waals surface area contributed by atoms with Gasteiger partial charge in [0.1, 0.15) is 27.4 Å². The normalized spacial score (nSPS) is 11.8. The molecule has 0 saturated carbocycles. The van der Waals surface area contributed by atoms with Crippen LogP contribution in [0.2, 0.25) is 0 Å². The van der Waals surface area contributed by atoms with Gasteiger partial charge in [0.15, 0.2) is 0 Å². The van der Waals surface area contributed by atoms with Crippen molar-refractivity contribution in [2.24, 2.45) is 0 Å². The molecule has 9 heteroatoms. The zero-order chi connectivity index (χ0) is 28.5. The first kappa shape index (κ1) is 27.9. The number of anilines is 1. The summed E-state index contributed by atoms with van der Waals surface area (Å²) in [5, 5.41) is 1.01. The van der Waals surface area contributed by atoms with Crippen LogP contribution in [-0.2, 0) is 14.2 Å². The standard InChI is InChI=1S/C30H31NO7S/c1-29(2,3)37-27(33)31(28(34)38-30(4,5)6)21-17-24(39-25(21)26(32)35-7)19-14-12-18(13-15-19)23-16-20-10-8-9-11-22(20)36-23/h8-17H,1-7H3. The van der Waals surface area contributed by atoms with Crippen LogP contribution in [0.15, 0.2) is 65.1 Å². The zero-order valence-corrected chi connectivity index (χ0v) is 23.8. The van der Waals surface area contributed by atoms with Crippen LogP contribution in [0.4, 0.5) is 15.3 Å². The second-order valence-electron chi connectivity index (χ2n) is 10.8. The molecule has 0 radical (unpaired) electrons. The first-order valence-corrected chi connectivity index (χ1v) is 13.1. The molecule has 0 aliphatic rings. The minimum absolute atomic E-state index is 0.0201. The van der Waals surface area contributed by atoms with Gasteiger partial charge < -0.3 is 18.6 Å². The number of benzene rings is 2. The third-order valence-corrected chi connectivity index (χ3v) is 6.51. The summed E-state index contributed by atoms with van der Waals surface area (Å²) in [5.74, 6) is 0.0307. The van der Waals surface area contributed by atoms with E-state index in [0.717, 1.165) is 44.1 Å². The summed E-state index contributed by atoms with van der Waals surface area (Å²) < 4.78 is 21.9. The number of hydrogen-bond acceptors (Lipinski definition) is 8. The number of furan rings is 1. The van der Waals surface area contributed by atoms with Crippen molar-refractivity contribution < 1.29 is 33.0 Å². The van der Waals surface area contributed by atoms with Crippen molar-refractivity contribution in [2.45, 2.75) is 52.7 Å². The molecule has 2 aromatic carbocycles. The molecule has 0 bridgehead atoms. The van der Waals surface area contributed by atoms with Crippen molar-refractivity contribution in [1.29, 1.82) is 0 Å². The fourth-order valence-corrected chi connectivity index (χ4v) is 4.80. The first-order chi connectivity index (χ1) is 18.3. The van der Waals surface area contributed by atoms with Crippen molar-refractivity contribution in [3.05, 3.63) is 65.5 Å². The molecular formula is C30H31NO7S. The van der Waals surface area contributed by atoms with Crippen LogP contribution < -0.4 is 4.90 Å². The number of hydrogen-bond donors (Lipinski definition) is 0. The van der Waals surface area contributed by atoms with Gasteiger partial charge in [-0.2, -0.15) is 4.90 Å².